The molecule has 0 N–H and O–H groups in total. The van der Waals surface area contributed by atoms with Crippen LogP contribution in [-0.2, 0) is 0 Å². The molecule has 0 amide bonds. The second-order valence-corrected chi connectivity index (χ2v) is 4.38. The van der Waals surface area contributed by atoms with E-state index < -0.39 is 0 Å². The smallest absolute Gasteiger partial charge is 0.203 e. The molecule has 66 valence electrons. The summed E-state index contributed by atoms with van der Waals surface area (Å²) in [5, 5.41) is 1.45. The van der Waals surface area contributed by atoms with Gasteiger partial charge < -0.3 is 0 Å². The highest BCUT2D eigenvalue weighted by molar-refractivity contribution is 14.1. The van der Waals surface area contributed by atoms with E-state index in [0.29, 0.717) is 5.02 Å². The summed E-state index contributed by atoms with van der Waals surface area (Å²) in [6.07, 6.45) is 1.60. The molecule has 3 nitrogen and oxygen atoms in total. The Labute approximate surface area is 97.5 Å². The molecule has 6 heteroatoms. The Kier molecular flexibility index (Phi) is 2.75. The van der Waals surface area contributed by atoms with Gasteiger partial charge in [-0.05, 0) is 23.7 Å². The molecule has 2 rings (SSSR count). The minimum atomic E-state index is 0.628. The van der Waals surface area contributed by atoms with Crippen molar-refractivity contribution >= 4 is 45.7 Å². The standard InChI is InChI=1S/C7H3ClIN3S/c8-4-1-2-5(10-3-4)6-11-7(9)12-13-6/h1-3H. The fraction of sp³-hybridized carbons (Fsp3) is 0. The summed E-state index contributed by atoms with van der Waals surface area (Å²) in [5.74, 6) is 0. The van der Waals surface area contributed by atoms with Crippen LogP contribution in [0, 0.1) is 3.83 Å². The van der Waals surface area contributed by atoms with Crippen LogP contribution in [0.5, 0.6) is 0 Å². The normalized spacial score (nSPS) is 10.3. The highest BCUT2D eigenvalue weighted by Crippen LogP contribution is 2.20. The Hall–Kier alpha value is -0.270. The van der Waals surface area contributed by atoms with Crippen molar-refractivity contribution in [2.45, 2.75) is 0 Å². The molecule has 0 spiro atoms. The Bertz CT molecular complexity index is 414. The summed E-state index contributed by atoms with van der Waals surface area (Å²) in [5.41, 5.74) is 0.810. The van der Waals surface area contributed by atoms with Crippen LogP contribution < -0.4 is 0 Å². The third-order valence-corrected chi connectivity index (χ3v) is 3.12. The molecule has 0 atom stereocenters. The number of pyridine rings is 1. The van der Waals surface area contributed by atoms with E-state index in [1.54, 1.807) is 12.3 Å². The average molecular weight is 324 g/mol. The number of aromatic nitrogens is 3. The molecular formula is C7H3ClIN3S. The van der Waals surface area contributed by atoms with Gasteiger partial charge in [-0.25, -0.2) is 4.98 Å². The van der Waals surface area contributed by atoms with Crippen LogP contribution in [0.2, 0.25) is 5.02 Å². The SMILES string of the molecule is Clc1ccc(-c2nc(I)ns2)nc1. The maximum absolute atomic E-state index is 5.71. The molecular weight excluding hydrogens is 321 g/mol. The quantitative estimate of drug-likeness (QED) is 0.758. The van der Waals surface area contributed by atoms with Crippen LogP contribution in [0.4, 0.5) is 0 Å². The number of hydrogen-bond acceptors (Lipinski definition) is 4. The van der Waals surface area contributed by atoms with Crippen LogP contribution in [0.1, 0.15) is 0 Å². The van der Waals surface area contributed by atoms with Gasteiger partial charge in [0, 0.05) is 28.8 Å². The molecule has 2 aromatic rings. The summed E-state index contributed by atoms with van der Waals surface area (Å²) in [6, 6.07) is 3.62. The van der Waals surface area contributed by atoms with Gasteiger partial charge in [0.1, 0.15) is 5.69 Å². The van der Waals surface area contributed by atoms with Gasteiger partial charge in [0.2, 0.25) is 3.83 Å². The van der Waals surface area contributed by atoms with Gasteiger partial charge in [-0.15, -0.1) is 0 Å². The van der Waals surface area contributed by atoms with Gasteiger partial charge in [-0.3, -0.25) is 4.98 Å². The molecule has 0 bridgehead atoms. The molecule has 0 aliphatic carbocycles. The van der Waals surface area contributed by atoms with Crippen molar-refractivity contribution in [3.8, 4) is 10.7 Å². The van der Waals surface area contributed by atoms with E-state index in [1.165, 1.54) is 11.5 Å². The van der Waals surface area contributed by atoms with E-state index in [0.717, 1.165) is 14.5 Å². The number of nitrogens with zero attached hydrogens (tertiary/aromatic N) is 3. The van der Waals surface area contributed by atoms with Crippen molar-refractivity contribution in [3.63, 3.8) is 0 Å². The third kappa shape index (κ3) is 2.15. The van der Waals surface area contributed by atoms with E-state index >= 15 is 0 Å². The van der Waals surface area contributed by atoms with Crippen molar-refractivity contribution in [1.29, 1.82) is 0 Å². The molecule has 13 heavy (non-hydrogen) atoms. The Balaban J connectivity index is 2.41. The lowest BCUT2D eigenvalue weighted by molar-refractivity contribution is 1.23. The molecule has 0 fully saturated rings. The van der Waals surface area contributed by atoms with Crippen LogP contribution in [-0.4, -0.2) is 14.3 Å². The predicted octanol–water partition coefficient (Wildman–Crippen LogP) is 2.86. The average Bonchev–Trinajstić information content (AvgIpc) is 2.53. The highest BCUT2D eigenvalue weighted by atomic mass is 127. The maximum atomic E-state index is 5.71. The van der Waals surface area contributed by atoms with E-state index in [4.69, 9.17) is 11.6 Å². The van der Waals surface area contributed by atoms with E-state index in [9.17, 15) is 0 Å². The van der Waals surface area contributed by atoms with Gasteiger partial charge in [-0.2, -0.15) is 4.37 Å². The fourth-order valence-electron chi connectivity index (χ4n) is 0.812. The first-order chi connectivity index (χ1) is 6.25. The minimum Gasteiger partial charge on any atom is -0.252 e. The number of rotatable bonds is 1. The van der Waals surface area contributed by atoms with E-state index in [2.05, 4.69) is 36.9 Å². The van der Waals surface area contributed by atoms with Crippen molar-refractivity contribution in [1.82, 2.24) is 14.3 Å². The fourth-order valence-corrected chi connectivity index (χ4v) is 2.17. The lowest BCUT2D eigenvalue weighted by Gasteiger charge is -1.92. The van der Waals surface area contributed by atoms with Gasteiger partial charge in [-0.1, -0.05) is 11.6 Å². The Morgan fingerprint density at radius 1 is 1.38 bits per heavy atom. The lowest BCUT2D eigenvalue weighted by atomic mass is 10.4. The molecule has 0 aliphatic rings. The van der Waals surface area contributed by atoms with Crippen LogP contribution in [0.3, 0.4) is 0 Å². The summed E-state index contributed by atoms with van der Waals surface area (Å²) in [7, 11) is 0. The summed E-state index contributed by atoms with van der Waals surface area (Å²) < 4.78 is 4.80. The lowest BCUT2D eigenvalue weighted by Crippen LogP contribution is -1.81. The molecule has 0 unspecified atom stereocenters. The molecule has 0 saturated carbocycles. The summed E-state index contributed by atoms with van der Waals surface area (Å²) >= 11 is 9.11. The zero-order valence-corrected chi connectivity index (χ0v) is 9.97. The molecule has 0 radical (unpaired) electrons. The first kappa shape index (κ1) is 9.29. The van der Waals surface area contributed by atoms with Crippen LogP contribution >= 0.6 is 45.7 Å². The summed E-state index contributed by atoms with van der Waals surface area (Å²) in [4.78, 5) is 8.33. The maximum Gasteiger partial charge on any atom is 0.203 e. The van der Waals surface area contributed by atoms with Crippen molar-refractivity contribution in [2.24, 2.45) is 0 Å². The minimum absolute atomic E-state index is 0.628. The van der Waals surface area contributed by atoms with Gasteiger partial charge in [0.25, 0.3) is 0 Å². The third-order valence-electron chi connectivity index (χ3n) is 1.35. The highest BCUT2D eigenvalue weighted by Gasteiger charge is 2.04. The zero-order valence-electron chi connectivity index (χ0n) is 6.24. The molecule has 2 aromatic heterocycles. The molecule has 0 aliphatic heterocycles. The van der Waals surface area contributed by atoms with Crippen molar-refractivity contribution < 1.29 is 0 Å². The predicted molar refractivity (Wildman–Crippen MR) is 60.9 cm³/mol. The molecule has 0 saturated heterocycles. The number of halogens is 2. The first-order valence-electron chi connectivity index (χ1n) is 3.37. The molecule has 0 aromatic carbocycles. The van der Waals surface area contributed by atoms with Gasteiger partial charge in [0.05, 0.1) is 5.02 Å². The monoisotopic (exact) mass is 323 g/mol. The topological polar surface area (TPSA) is 38.7 Å². The van der Waals surface area contributed by atoms with Gasteiger partial charge in [0.15, 0.2) is 5.01 Å². The molecule has 2 heterocycles. The van der Waals surface area contributed by atoms with Crippen molar-refractivity contribution in [3.05, 3.63) is 27.2 Å². The first-order valence-corrected chi connectivity index (χ1v) is 5.60. The number of hydrogen-bond donors (Lipinski definition) is 0. The van der Waals surface area contributed by atoms with Gasteiger partial charge >= 0.3 is 0 Å². The van der Waals surface area contributed by atoms with E-state index in [1.807, 2.05) is 6.07 Å². The van der Waals surface area contributed by atoms with Crippen LogP contribution in [0.15, 0.2) is 18.3 Å². The second kappa shape index (κ2) is 3.85. The second-order valence-electron chi connectivity index (χ2n) is 2.23. The largest absolute Gasteiger partial charge is 0.252 e. The van der Waals surface area contributed by atoms with Crippen molar-refractivity contribution in [2.75, 3.05) is 0 Å². The van der Waals surface area contributed by atoms with Crippen LogP contribution in [0.25, 0.3) is 10.7 Å². The Morgan fingerprint density at radius 2 is 2.23 bits per heavy atom. The summed E-state index contributed by atoms with van der Waals surface area (Å²) in [6.45, 7) is 0. The Morgan fingerprint density at radius 3 is 2.77 bits per heavy atom. The zero-order chi connectivity index (χ0) is 9.26. The van der Waals surface area contributed by atoms with E-state index in [-0.39, 0.29) is 0 Å².